The van der Waals surface area contributed by atoms with E-state index in [9.17, 15) is 9.18 Å². The number of carbonyl (C=O) groups is 1. The van der Waals surface area contributed by atoms with Crippen molar-refractivity contribution in [2.75, 3.05) is 0 Å². The number of aromatic nitrogens is 3. The van der Waals surface area contributed by atoms with Crippen LogP contribution in [-0.4, -0.2) is 20.5 Å². The predicted octanol–water partition coefficient (Wildman–Crippen LogP) is 3.79. The lowest BCUT2D eigenvalue weighted by atomic mass is 10.1. The monoisotopic (exact) mass is 351 g/mol. The van der Waals surface area contributed by atoms with Crippen molar-refractivity contribution in [3.63, 3.8) is 0 Å². The number of carbonyl (C=O) groups excluding carboxylic acids is 1. The second kappa shape index (κ2) is 6.44. The standard InChI is InChI=1S/C19H14FN3O3/c1-12-5-6-23-10-16(21-18(23)7-12)19(24)25-11-15-9-17(26-22-15)13-3-2-4-14(20)8-13/h2-10H,11H2,1H3. The van der Waals surface area contributed by atoms with Gasteiger partial charge in [0.15, 0.2) is 11.5 Å². The Morgan fingerprint density at radius 3 is 3.00 bits per heavy atom. The lowest BCUT2D eigenvalue weighted by Gasteiger charge is -1.98. The summed E-state index contributed by atoms with van der Waals surface area (Å²) in [6.45, 7) is 1.89. The van der Waals surface area contributed by atoms with Gasteiger partial charge in [-0.3, -0.25) is 0 Å². The first kappa shape index (κ1) is 16.0. The van der Waals surface area contributed by atoms with Crippen LogP contribution < -0.4 is 0 Å². The molecule has 0 atom stereocenters. The fourth-order valence-electron chi connectivity index (χ4n) is 2.55. The van der Waals surface area contributed by atoms with Gasteiger partial charge in [-0.2, -0.15) is 0 Å². The van der Waals surface area contributed by atoms with Gasteiger partial charge in [0.05, 0.1) is 0 Å². The summed E-state index contributed by atoms with van der Waals surface area (Å²) in [6.07, 6.45) is 3.44. The van der Waals surface area contributed by atoms with Crippen LogP contribution >= 0.6 is 0 Å². The summed E-state index contributed by atoms with van der Waals surface area (Å²) in [6, 6.07) is 11.4. The fourth-order valence-corrected chi connectivity index (χ4v) is 2.55. The van der Waals surface area contributed by atoms with E-state index in [1.165, 1.54) is 12.1 Å². The maximum atomic E-state index is 13.3. The van der Waals surface area contributed by atoms with Crippen molar-refractivity contribution in [2.45, 2.75) is 13.5 Å². The second-order valence-corrected chi connectivity index (χ2v) is 5.86. The van der Waals surface area contributed by atoms with Crippen molar-refractivity contribution in [3.8, 4) is 11.3 Å². The zero-order valence-electron chi connectivity index (χ0n) is 13.8. The molecule has 4 rings (SSSR count). The van der Waals surface area contributed by atoms with Gasteiger partial charge in [-0.25, -0.2) is 14.2 Å². The molecule has 0 fully saturated rings. The maximum Gasteiger partial charge on any atom is 0.358 e. The summed E-state index contributed by atoms with van der Waals surface area (Å²) in [5.74, 6) is -0.519. The Labute approximate surface area is 147 Å². The highest BCUT2D eigenvalue weighted by Gasteiger charge is 2.14. The molecular formula is C19H14FN3O3. The van der Waals surface area contributed by atoms with Gasteiger partial charge in [0.2, 0.25) is 0 Å². The Kier molecular flexibility index (Phi) is 3.96. The molecule has 0 bridgehead atoms. The molecule has 0 aliphatic heterocycles. The van der Waals surface area contributed by atoms with Crippen LogP contribution in [0.3, 0.4) is 0 Å². The van der Waals surface area contributed by atoms with E-state index in [4.69, 9.17) is 9.26 Å². The maximum absolute atomic E-state index is 13.3. The molecule has 0 aliphatic carbocycles. The van der Waals surface area contributed by atoms with Crippen LogP contribution in [0.25, 0.3) is 17.0 Å². The van der Waals surface area contributed by atoms with Crippen molar-refractivity contribution >= 4 is 11.6 Å². The molecule has 0 N–H and O–H groups in total. The largest absolute Gasteiger partial charge is 0.454 e. The molecule has 3 aromatic heterocycles. The molecule has 130 valence electrons. The van der Waals surface area contributed by atoms with Gasteiger partial charge in [0.1, 0.15) is 23.8 Å². The average Bonchev–Trinajstić information content (AvgIpc) is 3.26. The summed E-state index contributed by atoms with van der Waals surface area (Å²) in [7, 11) is 0. The van der Waals surface area contributed by atoms with Crippen molar-refractivity contribution in [2.24, 2.45) is 0 Å². The first-order valence-electron chi connectivity index (χ1n) is 7.92. The molecule has 26 heavy (non-hydrogen) atoms. The van der Waals surface area contributed by atoms with Gasteiger partial charge in [-0.15, -0.1) is 0 Å². The number of hydrogen-bond acceptors (Lipinski definition) is 5. The van der Waals surface area contributed by atoms with Crippen LogP contribution in [0.5, 0.6) is 0 Å². The third-order valence-corrected chi connectivity index (χ3v) is 3.84. The van der Waals surface area contributed by atoms with Gasteiger partial charge in [0.25, 0.3) is 0 Å². The Morgan fingerprint density at radius 2 is 2.15 bits per heavy atom. The highest BCUT2D eigenvalue weighted by Crippen LogP contribution is 2.21. The van der Waals surface area contributed by atoms with Crippen molar-refractivity contribution in [1.29, 1.82) is 0 Å². The van der Waals surface area contributed by atoms with E-state index in [0.29, 0.717) is 22.7 Å². The Morgan fingerprint density at radius 1 is 1.27 bits per heavy atom. The number of esters is 1. The second-order valence-electron chi connectivity index (χ2n) is 5.86. The van der Waals surface area contributed by atoms with E-state index in [1.807, 2.05) is 25.3 Å². The Balaban J connectivity index is 1.45. The topological polar surface area (TPSA) is 69.6 Å². The molecule has 0 spiro atoms. The SMILES string of the molecule is Cc1ccn2cc(C(=O)OCc3cc(-c4cccc(F)c4)on3)nc2c1. The number of pyridine rings is 1. The minimum atomic E-state index is -0.554. The van der Waals surface area contributed by atoms with E-state index in [1.54, 1.807) is 28.8 Å². The number of nitrogens with zero attached hydrogens (tertiary/aromatic N) is 3. The lowest BCUT2D eigenvalue weighted by Crippen LogP contribution is -2.05. The number of benzene rings is 1. The normalized spacial score (nSPS) is 11.0. The number of rotatable bonds is 4. The van der Waals surface area contributed by atoms with Gasteiger partial charge in [-0.1, -0.05) is 17.3 Å². The number of imidazole rings is 1. The molecule has 0 radical (unpaired) electrons. The van der Waals surface area contributed by atoms with E-state index >= 15 is 0 Å². The minimum absolute atomic E-state index is 0.0649. The number of halogens is 1. The quantitative estimate of drug-likeness (QED) is 0.523. The van der Waals surface area contributed by atoms with Crippen LogP contribution in [0, 0.1) is 12.7 Å². The number of fused-ring (bicyclic) bond motifs is 1. The molecule has 0 saturated heterocycles. The van der Waals surface area contributed by atoms with Gasteiger partial charge in [0, 0.05) is 24.0 Å². The third-order valence-electron chi connectivity index (χ3n) is 3.84. The van der Waals surface area contributed by atoms with E-state index < -0.39 is 5.97 Å². The summed E-state index contributed by atoms with van der Waals surface area (Å²) < 4.78 is 25.4. The van der Waals surface area contributed by atoms with Crippen molar-refractivity contribution in [1.82, 2.24) is 14.5 Å². The first-order valence-corrected chi connectivity index (χ1v) is 7.92. The molecule has 4 aromatic rings. The summed E-state index contributed by atoms with van der Waals surface area (Å²) in [5.41, 5.74) is 2.93. The fraction of sp³-hybridized carbons (Fsp3) is 0.105. The molecule has 0 amide bonds. The molecule has 0 unspecified atom stereocenters. The Hall–Kier alpha value is -3.48. The average molecular weight is 351 g/mol. The van der Waals surface area contributed by atoms with Crippen LogP contribution in [0.4, 0.5) is 4.39 Å². The molecule has 6 nitrogen and oxygen atoms in total. The molecule has 1 aromatic carbocycles. The van der Waals surface area contributed by atoms with Crippen LogP contribution in [-0.2, 0) is 11.3 Å². The van der Waals surface area contributed by atoms with Gasteiger partial charge < -0.3 is 13.7 Å². The van der Waals surface area contributed by atoms with E-state index in [0.717, 1.165) is 5.56 Å². The third kappa shape index (κ3) is 3.19. The number of hydrogen-bond donors (Lipinski definition) is 0. The molecule has 0 aliphatic rings. The smallest absolute Gasteiger partial charge is 0.358 e. The van der Waals surface area contributed by atoms with Crippen LogP contribution in [0.2, 0.25) is 0 Å². The van der Waals surface area contributed by atoms with Crippen LogP contribution in [0.15, 0.2) is 59.4 Å². The lowest BCUT2D eigenvalue weighted by molar-refractivity contribution is 0.0458. The molecule has 0 saturated carbocycles. The summed E-state index contributed by atoms with van der Waals surface area (Å²) >= 11 is 0. The molecular weight excluding hydrogens is 337 g/mol. The van der Waals surface area contributed by atoms with Gasteiger partial charge >= 0.3 is 5.97 Å². The molecule has 3 heterocycles. The van der Waals surface area contributed by atoms with Crippen molar-refractivity contribution < 1.29 is 18.4 Å². The number of aryl methyl sites for hydroxylation is 1. The highest BCUT2D eigenvalue weighted by molar-refractivity contribution is 5.88. The summed E-state index contributed by atoms with van der Waals surface area (Å²) in [5, 5.41) is 3.84. The van der Waals surface area contributed by atoms with E-state index in [-0.39, 0.29) is 18.1 Å². The van der Waals surface area contributed by atoms with Gasteiger partial charge in [-0.05, 0) is 36.8 Å². The minimum Gasteiger partial charge on any atom is -0.454 e. The van der Waals surface area contributed by atoms with E-state index in [2.05, 4.69) is 10.1 Å². The van der Waals surface area contributed by atoms with Crippen LogP contribution in [0.1, 0.15) is 21.7 Å². The predicted molar refractivity (Wildman–Crippen MR) is 90.9 cm³/mol. The zero-order valence-corrected chi connectivity index (χ0v) is 13.8. The highest BCUT2D eigenvalue weighted by atomic mass is 19.1. The van der Waals surface area contributed by atoms with Crippen molar-refractivity contribution in [3.05, 3.63) is 77.6 Å². The first-order chi connectivity index (χ1) is 12.6. The number of ether oxygens (including phenoxy) is 1. The molecule has 7 heteroatoms. The zero-order chi connectivity index (χ0) is 18.1. The Bertz CT molecular complexity index is 1100. The summed E-state index contributed by atoms with van der Waals surface area (Å²) in [4.78, 5) is 16.4.